The first-order valence-electron chi connectivity index (χ1n) is 7.01. The molecule has 0 aromatic heterocycles. The summed E-state index contributed by atoms with van der Waals surface area (Å²) in [5.74, 6) is -1.15. The highest BCUT2D eigenvalue weighted by Crippen LogP contribution is 2.22. The maximum atomic E-state index is 13.4. The highest BCUT2D eigenvalue weighted by atomic mass is 35.5. The third-order valence-electron chi connectivity index (χ3n) is 3.78. The molecule has 2 atom stereocenters. The zero-order valence-corrected chi connectivity index (χ0v) is 12.6. The minimum absolute atomic E-state index is 0. The van der Waals surface area contributed by atoms with Crippen LogP contribution in [-0.2, 0) is 11.2 Å². The molecule has 0 heterocycles. The molecule has 1 aliphatic rings. The minimum atomic E-state index is -0.681. The van der Waals surface area contributed by atoms with Crippen LogP contribution in [0.25, 0.3) is 0 Å². The lowest BCUT2D eigenvalue weighted by Gasteiger charge is -2.26. The number of amides is 1. The monoisotopic (exact) mass is 318 g/mol. The molecule has 1 saturated carbocycles. The van der Waals surface area contributed by atoms with E-state index in [1.807, 2.05) is 0 Å². The van der Waals surface area contributed by atoms with E-state index < -0.39 is 11.6 Å². The van der Waals surface area contributed by atoms with Gasteiger partial charge < -0.3 is 11.1 Å². The quantitative estimate of drug-likeness (QED) is 0.896. The van der Waals surface area contributed by atoms with E-state index in [0.29, 0.717) is 12.5 Å². The SMILES string of the molecule is Cl.NC1CCCC(CNC(=O)Cc2ccc(F)cc2F)C1. The Kier molecular flexibility index (Phi) is 7.05. The van der Waals surface area contributed by atoms with Gasteiger partial charge in [0.2, 0.25) is 5.91 Å². The summed E-state index contributed by atoms with van der Waals surface area (Å²) in [5, 5.41) is 2.81. The van der Waals surface area contributed by atoms with E-state index in [1.165, 1.54) is 6.07 Å². The first-order valence-corrected chi connectivity index (χ1v) is 7.01. The summed E-state index contributed by atoms with van der Waals surface area (Å²) in [5.41, 5.74) is 6.10. The largest absolute Gasteiger partial charge is 0.356 e. The van der Waals surface area contributed by atoms with Crippen LogP contribution in [0.5, 0.6) is 0 Å². The van der Waals surface area contributed by atoms with Gasteiger partial charge in [-0.1, -0.05) is 12.5 Å². The maximum absolute atomic E-state index is 13.4. The van der Waals surface area contributed by atoms with E-state index in [2.05, 4.69) is 5.32 Å². The Bertz CT molecular complexity index is 485. The Morgan fingerprint density at radius 1 is 1.33 bits per heavy atom. The molecule has 0 saturated heterocycles. The normalized spacial score (nSPS) is 21.5. The number of halogens is 3. The topological polar surface area (TPSA) is 55.1 Å². The molecule has 1 aromatic rings. The van der Waals surface area contributed by atoms with Gasteiger partial charge in [-0.15, -0.1) is 12.4 Å². The third-order valence-corrected chi connectivity index (χ3v) is 3.78. The number of carbonyl (C=O) groups excluding carboxylic acids is 1. The predicted molar refractivity (Wildman–Crippen MR) is 80.3 cm³/mol. The van der Waals surface area contributed by atoms with Gasteiger partial charge in [0.1, 0.15) is 11.6 Å². The number of nitrogens with two attached hydrogens (primary N) is 1. The average Bonchev–Trinajstić information content (AvgIpc) is 2.40. The fourth-order valence-corrected chi connectivity index (χ4v) is 2.68. The fourth-order valence-electron chi connectivity index (χ4n) is 2.68. The van der Waals surface area contributed by atoms with E-state index in [0.717, 1.165) is 37.8 Å². The molecule has 2 rings (SSSR count). The first-order chi connectivity index (χ1) is 9.54. The van der Waals surface area contributed by atoms with Gasteiger partial charge in [0.05, 0.1) is 6.42 Å². The van der Waals surface area contributed by atoms with Crippen molar-refractivity contribution >= 4 is 18.3 Å². The smallest absolute Gasteiger partial charge is 0.224 e. The van der Waals surface area contributed by atoms with Crippen LogP contribution < -0.4 is 11.1 Å². The Morgan fingerprint density at radius 2 is 2.10 bits per heavy atom. The van der Waals surface area contributed by atoms with Crippen LogP contribution in [-0.4, -0.2) is 18.5 Å². The summed E-state index contributed by atoms with van der Waals surface area (Å²) in [6.45, 7) is 0.579. The van der Waals surface area contributed by atoms with Crippen LogP contribution in [0.3, 0.4) is 0 Å². The molecular weight excluding hydrogens is 298 g/mol. The van der Waals surface area contributed by atoms with E-state index >= 15 is 0 Å². The van der Waals surface area contributed by atoms with Crippen molar-refractivity contribution in [2.75, 3.05) is 6.54 Å². The van der Waals surface area contributed by atoms with E-state index in [4.69, 9.17) is 5.73 Å². The van der Waals surface area contributed by atoms with Crippen LogP contribution >= 0.6 is 12.4 Å². The maximum Gasteiger partial charge on any atom is 0.224 e. The number of rotatable bonds is 4. The minimum Gasteiger partial charge on any atom is -0.356 e. The van der Waals surface area contributed by atoms with Crippen molar-refractivity contribution in [1.29, 1.82) is 0 Å². The molecule has 0 radical (unpaired) electrons. The second-order valence-corrected chi connectivity index (χ2v) is 5.51. The molecule has 118 valence electrons. The van der Waals surface area contributed by atoms with Crippen LogP contribution in [0.15, 0.2) is 18.2 Å². The highest BCUT2D eigenvalue weighted by molar-refractivity contribution is 5.85. The average molecular weight is 319 g/mol. The van der Waals surface area contributed by atoms with Crippen molar-refractivity contribution in [3.8, 4) is 0 Å². The summed E-state index contributed by atoms with van der Waals surface area (Å²) < 4.78 is 26.2. The predicted octanol–water partition coefficient (Wildman–Crippen LogP) is 2.56. The van der Waals surface area contributed by atoms with Crippen LogP contribution in [0.2, 0.25) is 0 Å². The molecule has 6 heteroatoms. The van der Waals surface area contributed by atoms with Gasteiger partial charge in [-0.2, -0.15) is 0 Å². The van der Waals surface area contributed by atoms with Crippen LogP contribution in [0, 0.1) is 17.6 Å². The number of hydrogen-bond acceptors (Lipinski definition) is 2. The highest BCUT2D eigenvalue weighted by Gasteiger charge is 2.19. The second-order valence-electron chi connectivity index (χ2n) is 5.51. The zero-order valence-electron chi connectivity index (χ0n) is 11.8. The summed E-state index contributed by atoms with van der Waals surface area (Å²) in [6, 6.07) is 3.48. The third kappa shape index (κ3) is 5.59. The Balaban J connectivity index is 0.00000220. The molecule has 1 aliphatic carbocycles. The van der Waals surface area contributed by atoms with Gasteiger partial charge >= 0.3 is 0 Å². The first kappa shape index (κ1) is 17.9. The summed E-state index contributed by atoms with van der Waals surface area (Å²) in [4.78, 5) is 11.8. The van der Waals surface area contributed by atoms with Crippen molar-refractivity contribution < 1.29 is 13.6 Å². The lowest BCUT2D eigenvalue weighted by Crippen LogP contribution is -2.36. The molecule has 21 heavy (non-hydrogen) atoms. The molecule has 0 aliphatic heterocycles. The second kappa shape index (κ2) is 8.29. The molecule has 1 aromatic carbocycles. The van der Waals surface area contributed by atoms with Crippen molar-refractivity contribution in [2.24, 2.45) is 11.7 Å². The van der Waals surface area contributed by atoms with Crippen molar-refractivity contribution in [3.63, 3.8) is 0 Å². The Labute approximate surface area is 129 Å². The molecular formula is C15H21ClF2N2O. The zero-order chi connectivity index (χ0) is 14.5. The van der Waals surface area contributed by atoms with E-state index in [1.54, 1.807) is 0 Å². The summed E-state index contributed by atoms with van der Waals surface area (Å²) in [6.07, 6.45) is 4.06. The molecule has 3 nitrogen and oxygen atoms in total. The molecule has 2 unspecified atom stereocenters. The van der Waals surface area contributed by atoms with Crippen LogP contribution in [0.4, 0.5) is 8.78 Å². The number of nitrogens with one attached hydrogen (secondary N) is 1. The van der Waals surface area contributed by atoms with Crippen LogP contribution in [0.1, 0.15) is 31.2 Å². The molecule has 0 bridgehead atoms. The Hall–Kier alpha value is -1.20. The molecule has 1 fully saturated rings. The van der Waals surface area contributed by atoms with Gasteiger partial charge in [0.25, 0.3) is 0 Å². The lowest BCUT2D eigenvalue weighted by atomic mass is 9.86. The van der Waals surface area contributed by atoms with Gasteiger partial charge in [0, 0.05) is 18.7 Å². The van der Waals surface area contributed by atoms with Crippen molar-refractivity contribution in [1.82, 2.24) is 5.32 Å². The Morgan fingerprint density at radius 3 is 2.76 bits per heavy atom. The molecule has 1 amide bonds. The molecule has 3 N–H and O–H groups in total. The number of hydrogen-bond donors (Lipinski definition) is 2. The summed E-state index contributed by atoms with van der Waals surface area (Å²) >= 11 is 0. The van der Waals surface area contributed by atoms with Crippen molar-refractivity contribution in [3.05, 3.63) is 35.4 Å². The fraction of sp³-hybridized carbons (Fsp3) is 0.533. The van der Waals surface area contributed by atoms with Gasteiger partial charge in [0.15, 0.2) is 0 Å². The number of benzene rings is 1. The van der Waals surface area contributed by atoms with Gasteiger partial charge in [-0.05, 0) is 36.8 Å². The van der Waals surface area contributed by atoms with Gasteiger partial charge in [-0.3, -0.25) is 4.79 Å². The van der Waals surface area contributed by atoms with E-state index in [-0.39, 0.29) is 36.3 Å². The van der Waals surface area contributed by atoms with E-state index in [9.17, 15) is 13.6 Å². The van der Waals surface area contributed by atoms with Gasteiger partial charge in [-0.25, -0.2) is 8.78 Å². The van der Waals surface area contributed by atoms with Crippen molar-refractivity contribution in [2.45, 2.75) is 38.1 Å². The standard InChI is InChI=1S/C15H20F2N2O.ClH/c16-12-5-4-11(14(17)8-12)7-15(20)19-9-10-2-1-3-13(18)6-10;/h4-5,8,10,13H,1-3,6-7,9,18H2,(H,19,20);1H. The lowest BCUT2D eigenvalue weighted by molar-refractivity contribution is -0.120. The number of carbonyl (C=O) groups is 1. The molecule has 0 spiro atoms. The summed E-state index contributed by atoms with van der Waals surface area (Å²) in [7, 11) is 0.